The van der Waals surface area contributed by atoms with Crippen LogP contribution in [0.15, 0.2) is 48.6 Å². The first-order valence-corrected chi connectivity index (χ1v) is 8.61. The summed E-state index contributed by atoms with van der Waals surface area (Å²) in [5, 5.41) is 0. The number of rotatable bonds is 10. The molecule has 2 nitrogen and oxygen atoms in total. The van der Waals surface area contributed by atoms with Gasteiger partial charge in [0.05, 0.1) is 0 Å². The Labute approximate surface area is 137 Å². The molecular weight excluding hydrogens is 268 g/mol. The zero-order valence-corrected chi connectivity index (χ0v) is 14.4. The van der Waals surface area contributed by atoms with Crippen molar-refractivity contribution in [1.29, 1.82) is 0 Å². The zero-order valence-electron chi connectivity index (χ0n) is 14.4. The summed E-state index contributed by atoms with van der Waals surface area (Å²) in [5.74, 6) is 0.552. The second kappa shape index (κ2) is 9.12. The lowest BCUT2D eigenvalue weighted by Gasteiger charge is -2.24. The molecular formula is C20H34N2. The first kappa shape index (κ1) is 18.9. The highest BCUT2D eigenvalue weighted by molar-refractivity contribution is 5.53. The van der Waals surface area contributed by atoms with Crippen LogP contribution in [0, 0.1) is 5.92 Å². The Bertz CT molecular complexity index is 425. The summed E-state index contributed by atoms with van der Waals surface area (Å²) in [6.07, 6.45) is 9.19. The Balaban J connectivity index is 2.43. The summed E-state index contributed by atoms with van der Waals surface area (Å²) in [6.45, 7) is 18.7. The summed E-state index contributed by atoms with van der Waals surface area (Å²) in [6, 6.07) is 0.285. The lowest BCUT2D eigenvalue weighted by atomic mass is 9.85. The van der Waals surface area contributed by atoms with Crippen LogP contribution in [0.4, 0.5) is 0 Å². The van der Waals surface area contributed by atoms with Crippen LogP contribution in [0.3, 0.4) is 0 Å². The van der Waals surface area contributed by atoms with E-state index in [9.17, 15) is 0 Å². The maximum absolute atomic E-state index is 6.37. The number of unbranched alkanes of at least 4 members (excludes halogenated alkanes) is 1. The molecule has 0 amide bonds. The van der Waals surface area contributed by atoms with Gasteiger partial charge in [-0.15, -0.1) is 0 Å². The molecule has 0 bridgehead atoms. The first-order valence-electron chi connectivity index (χ1n) is 8.61. The number of hydrogen-bond acceptors (Lipinski definition) is 2. The van der Waals surface area contributed by atoms with Crippen molar-refractivity contribution in [2.45, 2.75) is 70.4 Å². The molecule has 1 aliphatic carbocycles. The summed E-state index contributed by atoms with van der Waals surface area (Å²) in [7, 11) is 0. The van der Waals surface area contributed by atoms with Gasteiger partial charge in [-0.1, -0.05) is 45.6 Å². The molecule has 2 heteroatoms. The molecule has 0 saturated heterocycles. The topological polar surface area (TPSA) is 52.0 Å². The SMILES string of the molecule is C=C(CCCCC(C)N)C(=C)C(=C)C(=C)C(N)C1CCCC1. The predicted octanol–water partition coefficient (Wildman–Crippen LogP) is 4.64. The molecule has 1 rings (SSSR count). The van der Waals surface area contributed by atoms with Crippen molar-refractivity contribution in [3.63, 3.8) is 0 Å². The van der Waals surface area contributed by atoms with Crippen molar-refractivity contribution >= 4 is 0 Å². The molecule has 2 atom stereocenters. The van der Waals surface area contributed by atoms with E-state index >= 15 is 0 Å². The van der Waals surface area contributed by atoms with E-state index in [2.05, 4.69) is 26.3 Å². The molecule has 0 radical (unpaired) electrons. The molecule has 1 saturated carbocycles. The Kier molecular flexibility index (Phi) is 7.84. The smallest absolute Gasteiger partial charge is 0.0323 e. The Morgan fingerprint density at radius 2 is 1.59 bits per heavy atom. The minimum absolute atomic E-state index is 0.0117. The molecule has 0 aromatic heterocycles. The molecule has 124 valence electrons. The summed E-state index contributed by atoms with van der Waals surface area (Å²) in [5.41, 5.74) is 15.9. The van der Waals surface area contributed by atoms with Gasteiger partial charge in [0.1, 0.15) is 0 Å². The van der Waals surface area contributed by atoms with Crippen LogP contribution >= 0.6 is 0 Å². The highest BCUT2D eigenvalue weighted by atomic mass is 14.7. The van der Waals surface area contributed by atoms with Gasteiger partial charge in [-0.25, -0.2) is 0 Å². The molecule has 4 N–H and O–H groups in total. The molecule has 1 aliphatic rings. The quantitative estimate of drug-likeness (QED) is 0.456. The minimum Gasteiger partial charge on any atom is -0.328 e. The van der Waals surface area contributed by atoms with Gasteiger partial charge in [-0.2, -0.15) is 0 Å². The minimum atomic E-state index is 0.0117. The van der Waals surface area contributed by atoms with Gasteiger partial charge in [-0.3, -0.25) is 0 Å². The van der Waals surface area contributed by atoms with E-state index in [-0.39, 0.29) is 12.1 Å². The van der Waals surface area contributed by atoms with Gasteiger partial charge in [0.15, 0.2) is 0 Å². The van der Waals surface area contributed by atoms with Crippen molar-refractivity contribution in [2.24, 2.45) is 17.4 Å². The fourth-order valence-corrected chi connectivity index (χ4v) is 3.16. The van der Waals surface area contributed by atoms with E-state index in [1.165, 1.54) is 25.7 Å². The molecule has 1 fully saturated rings. The fraction of sp³-hybridized carbons (Fsp3) is 0.600. The van der Waals surface area contributed by atoms with Gasteiger partial charge in [0.25, 0.3) is 0 Å². The van der Waals surface area contributed by atoms with Crippen molar-refractivity contribution in [1.82, 2.24) is 0 Å². The highest BCUT2D eigenvalue weighted by Gasteiger charge is 2.25. The van der Waals surface area contributed by atoms with Crippen molar-refractivity contribution in [3.05, 3.63) is 48.6 Å². The standard InChI is InChI=1S/C20H34N2/c1-14(10-6-7-11-15(2)21)16(3)17(4)18(5)20(22)19-12-8-9-13-19/h15,19-20H,1,3-13,21-22H2,2H3. The van der Waals surface area contributed by atoms with Gasteiger partial charge in [0.2, 0.25) is 0 Å². The molecule has 0 heterocycles. The van der Waals surface area contributed by atoms with Crippen LogP contribution in [0.5, 0.6) is 0 Å². The summed E-state index contributed by atoms with van der Waals surface area (Å²) < 4.78 is 0. The number of hydrogen-bond donors (Lipinski definition) is 2. The number of nitrogens with two attached hydrogens (primary N) is 2. The third-order valence-corrected chi connectivity index (χ3v) is 4.88. The highest BCUT2D eigenvalue weighted by Crippen LogP contribution is 2.33. The van der Waals surface area contributed by atoms with E-state index in [4.69, 9.17) is 11.5 Å². The van der Waals surface area contributed by atoms with E-state index in [1.54, 1.807) is 0 Å². The predicted molar refractivity (Wildman–Crippen MR) is 98.6 cm³/mol. The van der Waals surface area contributed by atoms with Crippen molar-refractivity contribution < 1.29 is 0 Å². The monoisotopic (exact) mass is 302 g/mol. The van der Waals surface area contributed by atoms with E-state index in [1.807, 2.05) is 6.92 Å². The van der Waals surface area contributed by atoms with Crippen LogP contribution in [0.25, 0.3) is 0 Å². The van der Waals surface area contributed by atoms with Crippen LogP contribution in [-0.4, -0.2) is 12.1 Å². The third kappa shape index (κ3) is 5.58. The largest absolute Gasteiger partial charge is 0.328 e. The summed E-state index contributed by atoms with van der Waals surface area (Å²) >= 11 is 0. The molecule has 0 spiro atoms. The Hall–Kier alpha value is -1.12. The van der Waals surface area contributed by atoms with Crippen molar-refractivity contribution in [3.8, 4) is 0 Å². The van der Waals surface area contributed by atoms with E-state index in [0.717, 1.165) is 48.0 Å². The molecule has 0 aliphatic heterocycles. The Morgan fingerprint density at radius 3 is 2.14 bits per heavy atom. The second-order valence-corrected chi connectivity index (χ2v) is 6.88. The summed E-state index contributed by atoms with van der Waals surface area (Å²) in [4.78, 5) is 0. The van der Waals surface area contributed by atoms with Crippen LogP contribution in [0.1, 0.15) is 58.3 Å². The normalized spacial score (nSPS) is 18.0. The molecule has 2 unspecified atom stereocenters. The molecule has 22 heavy (non-hydrogen) atoms. The Morgan fingerprint density at radius 1 is 1.00 bits per heavy atom. The average molecular weight is 303 g/mol. The zero-order chi connectivity index (χ0) is 16.7. The third-order valence-electron chi connectivity index (χ3n) is 4.88. The first-order chi connectivity index (χ1) is 10.3. The second-order valence-electron chi connectivity index (χ2n) is 6.88. The molecule has 0 aromatic carbocycles. The maximum Gasteiger partial charge on any atom is 0.0323 e. The van der Waals surface area contributed by atoms with Crippen LogP contribution < -0.4 is 11.5 Å². The van der Waals surface area contributed by atoms with E-state index in [0.29, 0.717) is 5.92 Å². The van der Waals surface area contributed by atoms with E-state index < -0.39 is 0 Å². The molecule has 0 aromatic rings. The van der Waals surface area contributed by atoms with Crippen molar-refractivity contribution in [2.75, 3.05) is 0 Å². The number of allylic oxidation sites excluding steroid dienone is 2. The van der Waals surface area contributed by atoms with Crippen LogP contribution in [0.2, 0.25) is 0 Å². The van der Waals surface area contributed by atoms with Gasteiger partial charge in [-0.05, 0) is 67.2 Å². The maximum atomic E-state index is 6.37. The van der Waals surface area contributed by atoms with Crippen LogP contribution in [-0.2, 0) is 0 Å². The lowest BCUT2D eigenvalue weighted by Crippen LogP contribution is -2.31. The van der Waals surface area contributed by atoms with Gasteiger partial charge < -0.3 is 11.5 Å². The lowest BCUT2D eigenvalue weighted by molar-refractivity contribution is 0.478. The fourth-order valence-electron chi connectivity index (χ4n) is 3.16. The van der Waals surface area contributed by atoms with Gasteiger partial charge >= 0.3 is 0 Å². The average Bonchev–Trinajstić information content (AvgIpc) is 3.02. The van der Waals surface area contributed by atoms with Gasteiger partial charge in [0, 0.05) is 12.1 Å².